The van der Waals surface area contributed by atoms with Crippen LogP contribution in [-0.4, -0.2) is 62.3 Å². The highest BCUT2D eigenvalue weighted by Crippen LogP contribution is 2.24. The lowest BCUT2D eigenvalue weighted by Crippen LogP contribution is -2.48. The number of allylic oxidation sites excluding steroid dienone is 2. The van der Waals surface area contributed by atoms with Crippen molar-refractivity contribution < 1.29 is 14.6 Å². The van der Waals surface area contributed by atoms with Crippen LogP contribution in [0.2, 0.25) is 0 Å². The molecule has 1 saturated heterocycles. The Morgan fingerprint density at radius 3 is 2.85 bits per heavy atom. The van der Waals surface area contributed by atoms with Gasteiger partial charge in [-0.1, -0.05) is 19.1 Å². The summed E-state index contributed by atoms with van der Waals surface area (Å²) in [4.78, 5) is 0. The molecule has 1 heterocycles. The van der Waals surface area contributed by atoms with E-state index in [4.69, 9.17) is 9.47 Å². The topological polar surface area (TPSA) is 54.0 Å². The minimum atomic E-state index is -0.452. The van der Waals surface area contributed by atoms with Crippen molar-refractivity contribution in [2.45, 2.75) is 25.9 Å². The molecule has 0 aromatic heterocycles. The summed E-state index contributed by atoms with van der Waals surface area (Å²) >= 11 is 0. The van der Waals surface area contributed by atoms with E-state index >= 15 is 0 Å². The first-order valence-corrected chi connectivity index (χ1v) is 7.72. The molecule has 116 valence electrons. The fraction of sp³-hybridized carbons (Fsp3) is 0.867. The molecule has 2 N–H and O–H groups in total. The van der Waals surface area contributed by atoms with Gasteiger partial charge in [0.1, 0.15) is 0 Å². The lowest BCUT2D eigenvalue weighted by atomic mass is 9.85. The number of aliphatic hydroxyl groups excluding tert-OH is 1. The van der Waals surface area contributed by atoms with Gasteiger partial charge in [-0.25, -0.2) is 5.01 Å². The third-order valence-electron chi connectivity index (χ3n) is 4.12. The zero-order chi connectivity index (χ0) is 14.2. The fourth-order valence-electron chi connectivity index (χ4n) is 2.61. The molecular formula is C15H28N2O3. The van der Waals surface area contributed by atoms with Crippen molar-refractivity contribution >= 4 is 0 Å². The molecule has 20 heavy (non-hydrogen) atoms. The van der Waals surface area contributed by atoms with Crippen molar-refractivity contribution in [1.29, 1.82) is 0 Å². The maximum Gasteiger partial charge on any atom is 0.0911 e. The molecule has 2 rings (SSSR count). The van der Waals surface area contributed by atoms with Crippen molar-refractivity contribution in [3.8, 4) is 0 Å². The zero-order valence-electron chi connectivity index (χ0n) is 12.5. The van der Waals surface area contributed by atoms with Crippen LogP contribution in [-0.2, 0) is 9.47 Å². The Hall–Kier alpha value is -0.460. The van der Waals surface area contributed by atoms with E-state index in [0.29, 0.717) is 25.0 Å². The van der Waals surface area contributed by atoms with Gasteiger partial charge in [0.2, 0.25) is 0 Å². The third-order valence-corrected chi connectivity index (χ3v) is 4.12. The van der Waals surface area contributed by atoms with Crippen LogP contribution in [0.25, 0.3) is 0 Å². The molecule has 0 aromatic rings. The molecule has 2 aliphatic rings. The number of nitrogens with zero attached hydrogens (tertiary/aromatic N) is 1. The van der Waals surface area contributed by atoms with Crippen molar-refractivity contribution in [3.05, 3.63) is 12.2 Å². The fourth-order valence-corrected chi connectivity index (χ4v) is 2.61. The van der Waals surface area contributed by atoms with Crippen LogP contribution in [0.3, 0.4) is 0 Å². The number of ether oxygens (including phenoxy) is 2. The Kier molecular flexibility index (Phi) is 6.96. The second-order valence-corrected chi connectivity index (χ2v) is 5.83. The number of aliphatic hydroxyl groups is 1. The number of nitrogens with one attached hydrogen (secondary N) is 1. The Morgan fingerprint density at radius 1 is 1.35 bits per heavy atom. The lowest BCUT2D eigenvalue weighted by Gasteiger charge is -2.28. The van der Waals surface area contributed by atoms with E-state index in [-0.39, 0.29) is 0 Å². The normalized spacial score (nSPS) is 29.5. The second-order valence-electron chi connectivity index (χ2n) is 5.83. The SMILES string of the molecule is CC1CC=CCC1COCC(O)CNN1CCOCC1. The number of morpholine rings is 1. The molecule has 0 bridgehead atoms. The van der Waals surface area contributed by atoms with Gasteiger partial charge in [-0.2, -0.15) is 0 Å². The maximum absolute atomic E-state index is 9.92. The molecule has 3 atom stereocenters. The molecule has 0 radical (unpaired) electrons. The van der Waals surface area contributed by atoms with E-state index in [9.17, 15) is 5.11 Å². The Labute approximate surface area is 121 Å². The monoisotopic (exact) mass is 284 g/mol. The highest BCUT2D eigenvalue weighted by atomic mass is 16.5. The van der Waals surface area contributed by atoms with Gasteiger partial charge in [0.15, 0.2) is 0 Å². The summed E-state index contributed by atoms with van der Waals surface area (Å²) in [6.07, 6.45) is 6.29. The molecule has 1 aliphatic heterocycles. The van der Waals surface area contributed by atoms with Crippen LogP contribution in [0.1, 0.15) is 19.8 Å². The zero-order valence-corrected chi connectivity index (χ0v) is 12.5. The molecule has 0 saturated carbocycles. The van der Waals surface area contributed by atoms with Crippen LogP contribution >= 0.6 is 0 Å². The molecule has 1 aliphatic carbocycles. The minimum Gasteiger partial charge on any atom is -0.389 e. The van der Waals surface area contributed by atoms with Crippen LogP contribution < -0.4 is 5.43 Å². The summed E-state index contributed by atoms with van der Waals surface area (Å²) in [6.45, 7) is 7.23. The Bertz CT molecular complexity index is 293. The first kappa shape index (κ1) is 15.9. The van der Waals surface area contributed by atoms with Crippen molar-refractivity contribution in [1.82, 2.24) is 10.4 Å². The predicted molar refractivity (Wildman–Crippen MR) is 78.2 cm³/mol. The summed E-state index contributed by atoms with van der Waals surface area (Å²) in [7, 11) is 0. The molecule has 0 aromatic carbocycles. The molecular weight excluding hydrogens is 256 g/mol. The second kappa shape index (κ2) is 8.74. The number of hydrogen-bond donors (Lipinski definition) is 2. The summed E-state index contributed by atoms with van der Waals surface area (Å²) in [5.74, 6) is 1.28. The minimum absolute atomic E-state index is 0.407. The van der Waals surface area contributed by atoms with Gasteiger partial charge in [0.25, 0.3) is 0 Å². The Morgan fingerprint density at radius 2 is 2.10 bits per heavy atom. The van der Waals surface area contributed by atoms with Gasteiger partial charge in [-0.05, 0) is 24.7 Å². The van der Waals surface area contributed by atoms with E-state index < -0.39 is 6.10 Å². The maximum atomic E-state index is 9.92. The van der Waals surface area contributed by atoms with Crippen LogP contribution in [0.4, 0.5) is 0 Å². The van der Waals surface area contributed by atoms with Gasteiger partial charge in [0, 0.05) is 19.6 Å². The smallest absolute Gasteiger partial charge is 0.0911 e. The largest absolute Gasteiger partial charge is 0.389 e. The molecule has 5 heteroatoms. The number of rotatable bonds is 7. The van der Waals surface area contributed by atoms with Crippen LogP contribution in [0.5, 0.6) is 0 Å². The van der Waals surface area contributed by atoms with Gasteiger partial charge < -0.3 is 14.6 Å². The average molecular weight is 284 g/mol. The van der Waals surface area contributed by atoms with Gasteiger partial charge in [-0.3, -0.25) is 5.43 Å². The van der Waals surface area contributed by atoms with Crippen molar-refractivity contribution in [2.24, 2.45) is 11.8 Å². The first-order chi connectivity index (χ1) is 9.75. The predicted octanol–water partition coefficient (Wildman–Crippen LogP) is 0.803. The van der Waals surface area contributed by atoms with E-state index in [1.165, 1.54) is 0 Å². The lowest BCUT2D eigenvalue weighted by molar-refractivity contribution is -0.0175. The van der Waals surface area contributed by atoms with Crippen LogP contribution in [0.15, 0.2) is 12.2 Å². The summed E-state index contributed by atoms with van der Waals surface area (Å²) in [5.41, 5.74) is 3.23. The third kappa shape index (κ3) is 5.50. The van der Waals surface area contributed by atoms with Gasteiger partial charge in [0.05, 0.1) is 32.5 Å². The highest BCUT2D eigenvalue weighted by Gasteiger charge is 2.19. The van der Waals surface area contributed by atoms with E-state index in [2.05, 4.69) is 29.5 Å². The van der Waals surface area contributed by atoms with E-state index in [0.717, 1.165) is 45.8 Å². The summed E-state index contributed by atoms with van der Waals surface area (Å²) < 4.78 is 11.0. The van der Waals surface area contributed by atoms with E-state index in [1.807, 2.05) is 0 Å². The van der Waals surface area contributed by atoms with Crippen molar-refractivity contribution in [2.75, 3.05) is 46.1 Å². The summed E-state index contributed by atoms with van der Waals surface area (Å²) in [6, 6.07) is 0. The molecule has 0 spiro atoms. The Balaban J connectivity index is 1.53. The highest BCUT2D eigenvalue weighted by molar-refractivity contribution is 4.93. The van der Waals surface area contributed by atoms with Gasteiger partial charge in [-0.15, -0.1) is 0 Å². The van der Waals surface area contributed by atoms with Crippen molar-refractivity contribution in [3.63, 3.8) is 0 Å². The standard InChI is InChI=1S/C15H28N2O3/c1-13-4-2-3-5-14(13)11-20-12-15(18)10-16-17-6-8-19-9-7-17/h2-3,13-16,18H,4-12H2,1H3. The quantitative estimate of drug-likeness (QED) is 0.677. The first-order valence-electron chi connectivity index (χ1n) is 7.72. The number of hydrogen-bond acceptors (Lipinski definition) is 5. The molecule has 0 amide bonds. The molecule has 3 unspecified atom stereocenters. The molecule has 1 fully saturated rings. The number of hydrazine groups is 1. The molecule has 5 nitrogen and oxygen atoms in total. The summed E-state index contributed by atoms with van der Waals surface area (Å²) in [5, 5.41) is 12.0. The average Bonchev–Trinajstić information content (AvgIpc) is 2.48. The van der Waals surface area contributed by atoms with Crippen LogP contribution in [0, 0.1) is 11.8 Å². The van der Waals surface area contributed by atoms with Gasteiger partial charge >= 0.3 is 0 Å². The van der Waals surface area contributed by atoms with E-state index in [1.54, 1.807) is 0 Å².